The van der Waals surface area contributed by atoms with Crippen molar-refractivity contribution in [2.24, 2.45) is 5.73 Å². The number of ether oxygens (including phenoxy) is 1. The molecule has 0 aromatic heterocycles. The summed E-state index contributed by atoms with van der Waals surface area (Å²) in [6.07, 6.45) is 5.87. The lowest BCUT2D eigenvalue weighted by atomic mass is 9.82. The fourth-order valence-corrected chi connectivity index (χ4v) is 2.69. The van der Waals surface area contributed by atoms with Crippen LogP contribution in [0.5, 0.6) is 5.75 Å². The summed E-state index contributed by atoms with van der Waals surface area (Å²) in [6.45, 7) is 3.33. The third kappa shape index (κ3) is 4.46. The molecule has 0 radical (unpaired) electrons. The molecule has 1 aliphatic rings. The summed E-state index contributed by atoms with van der Waals surface area (Å²) >= 11 is 0. The molecule has 0 unspecified atom stereocenters. The molecule has 0 bridgehead atoms. The largest absolute Gasteiger partial charge is 0.494 e. The monoisotopic (exact) mass is 290 g/mol. The van der Waals surface area contributed by atoms with Gasteiger partial charge in [-0.05, 0) is 37.0 Å². The molecule has 1 saturated carbocycles. The molecule has 21 heavy (non-hydrogen) atoms. The molecule has 0 saturated heterocycles. The van der Waals surface area contributed by atoms with E-state index in [-0.39, 0.29) is 5.91 Å². The van der Waals surface area contributed by atoms with E-state index in [9.17, 15) is 4.79 Å². The van der Waals surface area contributed by atoms with Crippen LogP contribution in [0.15, 0.2) is 24.3 Å². The lowest BCUT2D eigenvalue weighted by molar-refractivity contribution is -0.127. The molecule has 1 aromatic carbocycles. The number of rotatable bonds is 6. The van der Waals surface area contributed by atoms with Gasteiger partial charge in [-0.3, -0.25) is 4.79 Å². The molecular formula is C17H26N2O2. The number of amides is 1. The first kappa shape index (κ1) is 15.8. The Labute approximate surface area is 127 Å². The minimum absolute atomic E-state index is 0.0199. The van der Waals surface area contributed by atoms with E-state index in [0.29, 0.717) is 6.54 Å². The van der Waals surface area contributed by atoms with Gasteiger partial charge >= 0.3 is 0 Å². The van der Waals surface area contributed by atoms with Crippen LogP contribution >= 0.6 is 0 Å². The molecule has 4 heteroatoms. The number of nitrogens with two attached hydrogens (primary N) is 1. The normalized spacial score (nSPS) is 17.2. The zero-order valence-corrected chi connectivity index (χ0v) is 12.9. The van der Waals surface area contributed by atoms with Crippen molar-refractivity contribution in [2.75, 3.05) is 6.61 Å². The summed E-state index contributed by atoms with van der Waals surface area (Å²) in [6, 6.07) is 7.84. The minimum atomic E-state index is -0.664. The van der Waals surface area contributed by atoms with Gasteiger partial charge in [-0.25, -0.2) is 0 Å². The van der Waals surface area contributed by atoms with E-state index in [4.69, 9.17) is 10.5 Å². The summed E-state index contributed by atoms with van der Waals surface area (Å²) < 4.78 is 5.54. The second kappa shape index (κ2) is 7.46. The Hall–Kier alpha value is -1.55. The van der Waals surface area contributed by atoms with Gasteiger partial charge in [0.1, 0.15) is 5.75 Å². The Bertz CT molecular complexity index is 450. The third-order valence-electron chi connectivity index (χ3n) is 4.05. The van der Waals surface area contributed by atoms with Crippen LogP contribution in [0, 0.1) is 0 Å². The van der Waals surface area contributed by atoms with E-state index in [0.717, 1.165) is 50.0 Å². The van der Waals surface area contributed by atoms with E-state index in [1.165, 1.54) is 6.42 Å². The van der Waals surface area contributed by atoms with E-state index in [1.807, 2.05) is 24.3 Å². The number of hydrogen-bond donors (Lipinski definition) is 2. The first-order valence-corrected chi connectivity index (χ1v) is 7.93. The molecule has 2 rings (SSSR count). The predicted molar refractivity (Wildman–Crippen MR) is 84.1 cm³/mol. The quantitative estimate of drug-likeness (QED) is 0.846. The van der Waals surface area contributed by atoms with Gasteiger partial charge in [-0.2, -0.15) is 0 Å². The highest BCUT2D eigenvalue weighted by Crippen LogP contribution is 2.26. The molecule has 1 amide bonds. The van der Waals surface area contributed by atoms with Crippen molar-refractivity contribution < 1.29 is 9.53 Å². The van der Waals surface area contributed by atoms with Crippen molar-refractivity contribution in [1.29, 1.82) is 0 Å². The molecule has 1 aliphatic carbocycles. The smallest absolute Gasteiger partial charge is 0.240 e. The number of carbonyl (C=O) groups is 1. The fourth-order valence-electron chi connectivity index (χ4n) is 2.69. The maximum Gasteiger partial charge on any atom is 0.240 e. The zero-order valence-electron chi connectivity index (χ0n) is 12.9. The Morgan fingerprint density at radius 1 is 1.24 bits per heavy atom. The first-order chi connectivity index (χ1) is 10.1. The number of nitrogens with one attached hydrogen (secondary N) is 1. The lowest BCUT2D eigenvalue weighted by Gasteiger charge is -2.31. The summed E-state index contributed by atoms with van der Waals surface area (Å²) in [4.78, 5) is 12.2. The van der Waals surface area contributed by atoms with Gasteiger partial charge in [0.15, 0.2) is 0 Å². The van der Waals surface area contributed by atoms with Crippen LogP contribution in [0.1, 0.15) is 51.0 Å². The van der Waals surface area contributed by atoms with Gasteiger partial charge in [0, 0.05) is 6.54 Å². The van der Waals surface area contributed by atoms with E-state index < -0.39 is 5.54 Å². The SMILES string of the molecule is CCCOc1ccc(CNC(=O)C2(N)CCCCC2)cc1. The second-order valence-electron chi connectivity index (χ2n) is 5.89. The lowest BCUT2D eigenvalue weighted by Crippen LogP contribution is -2.54. The molecule has 4 nitrogen and oxygen atoms in total. The van der Waals surface area contributed by atoms with Crippen LogP contribution < -0.4 is 15.8 Å². The first-order valence-electron chi connectivity index (χ1n) is 7.93. The second-order valence-corrected chi connectivity index (χ2v) is 5.89. The van der Waals surface area contributed by atoms with Crippen LogP contribution in [-0.2, 0) is 11.3 Å². The predicted octanol–water partition coefficient (Wildman–Crippen LogP) is 2.75. The average Bonchev–Trinajstić information content (AvgIpc) is 2.52. The van der Waals surface area contributed by atoms with Crippen LogP contribution in [0.3, 0.4) is 0 Å². The molecule has 1 fully saturated rings. The van der Waals surface area contributed by atoms with E-state index >= 15 is 0 Å². The molecule has 3 N–H and O–H groups in total. The van der Waals surface area contributed by atoms with E-state index in [2.05, 4.69) is 12.2 Å². The maximum absolute atomic E-state index is 12.2. The van der Waals surface area contributed by atoms with E-state index in [1.54, 1.807) is 0 Å². The van der Waals surface area contributed by atoms with Crippen molar-refractivity contribution >= 4 is 5.91 Å². The van der Waals surface area contributed by atoms with Crippen molar-refractivity contribution in [3.63, 3.8) is 0 Å². The highest BCUT2D eigenvalue weighted by molar-refractivity contribution is 5.86. The van der Waals surface area contributed by atoms with Crippen molar-refractivity contribution in [3.05, 3.63) is 29.8 Å². The molecule has 0 spiro atoms. The van der Waals surface area contributed by atoms with Crippen molar-refractivity contribution in [1.82, 2.24) is 5.32 Å². The summed E-state index contributed by atoms with van der Waals surface area (Å²) in [5, 5.41) is 2.97. The molecular weight excluding hydrogens is 264 g/mol. The Morgan fingerprint density at radius 3 is 2.52 bits per heavy atom. The molecule has 1 aromatic rings. The topological polar surface area (TPSA) is 64.3 Å². The highest BCUT2D eigenvalue weighted by Gasteiger charge is 2.34. The highest BCUT2D eigenvalue weighted by atomic mass is 16.5. The number of hydrogen-bond acceptors (Lipinski definition) is 3. The fraction of sp³-hybridized carbons (Fsp3) is 0.588. The number of carbonyl (C=O) groups excluding carboxylic acids is 1. The van der Waals surface area contributed by atoms with Crippen LogP contribution in [0.25, 0.3) is 0 Å². The van der Waals surface area contributed by atoms with Gasteiger partial charge in [0.05, 0.1) is 12.1 Å². The molecule has 0 atom stereocenters. The van der Waals surface area contributed by atoms with Crippen LogP contribution in [0.2, 0.25) is 0 Å². The van der Waals surface area contributed by atoms with Gasteiger partial charge in [-0.1, -0.05) is 38.3 Å². The van der Waals surface area contributed by atoms with Gasteiger partial charge < -0.3 is 15.8 Å². The van der Waals surface area contributed by atoms with Crippen LogP contribution in [-0.4, -0.2) is 18.1 Å². The Kier molecular flexibility index (Phi) is 5.62. The zero-order chi connectivity index (χ0) is 15.1. The number of benzene rings is 1. The summed E-state index contributed by atoms with van der Waals surface area (Å²) in [7, 11) is 0. The summed E-state index contributed by atoms with van der Waals surface area (Å²) in [5.74, 6) is 0.850. The van der Waals surface area contributed by atoms with Gasteiger partial charge in [0.2, 0.25) is 5.91 Å². The minimum Gasteiger partial charge on any atom is -0.494 e. The van der Waals surface area contributed by atoms with Crippen molar-refractivity contribution in [3.8, 4) is 5.75 Å². The third-order valence-corrected chi connectivity index (χ3v) is 4.05. The molecule has 116 valence electrons. The standard InChI is InChI=1S/C17H26N2O2/c1-2-12-21-15-8-6-14(7-9-15)13-19-16(20)17(18)10-4-3-5-11-17/h6-9H,2-5,10-13,18H2,1H3,(H,19,20). The van der Waals surface area contributed by atoms with Gasteiger partial charge in [-0.15, -0.1) is 0 Å². The summed E-state index contributed by atoms with van der Waals surface area (Å²) in [5.41, 5.74) is 6.61. The Morgan fingerprint density at radius 2 is 1.90 bits per heavy atom. The van der Waals surface area contributed by atoms with Crippen LogP contribution in [0.4, 0.5) is 0 Å². The molecule has 0 heterocycles. The van der Waals surface area contributed by atoms with Crippen molar-refractivity contribution in [2.45, 2.75) is 57.5 Å². The average molecular weight is 290 g/mol. The maximum atomic E-state index is 12.2. The Balaban J connectivity index is 1.83. The van der Waals surface area contributed by atoms with Gasteiger partial charge in [0.25, 0.3) is 0 Å². The molecule has 0 aliphatic heterocycles.